The molecule has 0 radical (unpaired) electrons. The molecule has 8 nitrogen and oxygen atoms in total. The third kappa shape index (κ3) is 4.97. The van der Waals surface area contributed by atoms with Crippen LogP contribution in [-0.2, 0) is 27.3 Å². The second kappa shape index (κ2) is 7.87. The second-order valence-electron chi connectivity index (χ2n) is 4.48. The van der Waals surface area contributed by atoms with Gasteiger partial charge in [-0.05, 0) is 25.5 Å². The van der Waals surface area contributed by atoms with E-state index in [0.717, 1.165) is 5.69 Å². The van der Waals surface area contributed by atoms with E-state index < -0.39 is 5.97 Å². The summed E-state index contributed by atoms with van der Waals surface area (Å²) in [4.78, 5) is 27.3. The van der Waals surface area contributed by atoms with Gasteiger partial charge in [0.1, 0.15) is 6.54 Å². The topological polar surface area (TPSA) is 99.0 Å². The van der Waals surface area contributed by atoms with E-state index in [2.05, 4.69) is 20.6 Å². The number of anilines is 1. The summed E-state index contributed by atoms with van der Waals surface area (Å²) in [6.45, 7) is 2.00. The summed E-state index contributed by atoms with van der Waals surface area (Å²) in [5, 5.41) is 10.2. The number of nitrogens with one attached hydrogen (secondary N) is 1. The van der Waals surface area contributed by atoms with Crippen LogP contribution in [0.1, 0.15) is 19.0 Å². The molecule has 22 heavy (non-hydrogen) atoms. The first-order valence-corrected chi connectivity index (χ1v) is 6.93. The zero-order valence-corrected chi connectivity index (χ0v) is 12.2. The first-order valence-electron chi connectivity index (χ1n) is 6.93. The van der Waals surface area contributed by atoms with Crippen LogP contribution in [-0.4, -0.2) is 38.5 Å². The lowest BCUT2D eigenvalue weighted by atomic mass is 10.2. The normalized spacial score (nSPS) is 10.2. The van der Waals surface area contributed by atoms with Crippen molar-refractivity contribution in [1.82, 2.24) is 20.0 Å². The molecule has 0 aliphatic carbocycles. The van der Waals surface area contributed by atoms with Gasteiger partial charge in [-0.2, -0.15) is 0 Å². The van der Waals surface area contributed by atoms with Gasteiger partial charge in [-0.15, -0.1) is 5.10 Å². The maximum Gasteiger partial charge on any atom is 0.327 e. The van der Waals surface area contributed by atoms with E-state index in [1.54, 1.807) is 13.1 Å². The minimum Gasteiger partial charge on any atom is -0.465 e. The van der Waals surface area contributed by atoms with Crippen LogP contribution in [0.15, 0.2) is 30.6 Å². The third-order valence-electron chi connectivity index (χ3n) is 2.74. The van der Waals surface area contributed by atoms with E-state index in [0.29, 0.717) is 25.3 Å². The monoisotopic (exact) mass is 303 g/mol. The van der Waals surface area contributed by atoms with Gasteiger partial charge in [0.05, 0.1) is 12.8 Å². The van der Waals surface area contributed by atoms with E-state index >= 15 is 0 Å². The maximum atomic E-state index is 11.8. The van der Waals surface area contributed by atoms with Crippen LogP contribution >= 0.6 is 0 Å². The molecular weight excluding hydrogens is 286 g/mol. The number of carbonyl (C=O) groups excluding carboxylic acids is 2. The number of esters is 1. The van der Waals surface area contributed by atoms with Crippen molar-refractivity contribution in [3.05, 3.63) is 36.3 Å². The average molecular weight is 303 g/mol. The summed E-state index contributed by atoms with van der Waals surface area (Å²) in [7, 11) is 0. The zero-order valence-electron chi connectivity index (χ0n) is 12.2. The van der Waals surface area contributed by atoms with Crippen LogP contribution in [0.25, 0.3) is 0 Å². The van der Waals surface area contributed by atoms with Crippen LogP contribution in [0, 0.1) is 0 Å². The highest BCUT2D eigenvalue weighted by Crippen LogP contribution is 2.04. The van der Waals surface area contributed by atoms with Crippen LogP contribution in [0.2, 0.25) is 0 Å². The van der Waals surface area contributed by atoms with Crippen LogP contribution in [0.5, 0.6) is 0 Å². The first kappa shape index (κ1) is 15.6. The molecule has 0 spiro atoms. The molecule has 2 aromatic heterocycles. The molecule has 0 bridgehead atoms. The van der Waals surface area contributed by atoms with Gasteiger partial charge in [-0.25, -0.2) is 4.68 Å². The SMILES string of the molecule is CCOC(=O)Cn1cc(NC(=O)CCc2ccccn2)nn1. The molecule has 0 aliphatic rings. The van der Waals surface area contributed by atoms with Gasteiger partial charge in [-0.3, -0.25) is 14.6 Å². The minimum atomic E-state index is -0.402. The second-order valence-corrected chi connectivity index (χ2v) is 4.48. The number of amides is 1. The van der Waals surface area contributed by atoms with Gasteiger partial charge in [0.15, 0.2) is 5.82 Å². The molecule has 116 valence electrons. The van der Waals surface area contributed by atoms with Crippen LogP contribution < -0.4 is 5.32 Å². The standard InChI is InChI=1S/C14H17N5O3/c1-2-22-14(21)10-19-9-12(17-18-19)16-13(20)7-6-11-5-3-4-8-15-11/h3-5,8-9H,2,6-7,10H2,1H3,(H,16,20). The minimum absolute atomic E-state index is 0.0371. The lowest BCUT2D eigenvalue weighted by Crippen LogP contribution is -2.14. The molecule has 0 saturated heterocycles. The predicted molar refractivity (Wildman–Crippen MR) is 77.8 cm³/mol. The summed E-state index contributed by atoms with van der Waals surface area (Å²) < 4.78 is 6.11. The maximum absolute atomic E-state index is 11.8. The van der Waals surface area contributed by atoms with Crippen molar-refractivity contribution in [2.24, 2.45) is 0 Å². The van der Waals surface area contributed by atoms with Crippen LogP contribution in [0.3, 0.4) is 0 Å². The Morgan fingerprint density at radius 1 is 1.36 bits per heavy atom. The molecule has 1 amide bonds. The largest absolute Gasteiger partial charge is 0.465 e. The Kier molecular flexibility index (Phi) is 5.58. The molecule has 1 N–H and O–H groups in total. The average Bonchev–Trinajstić information content (AvgIpc) is 2.93. The molecule has 0 aromatic carbocycles. The number of pyridine rings is 1. The highest BCUT2D eigenvalue weighted by atomic mass is 16.5. The number of hydrogen-bond donors (Lipinski definition) is 1. The van der Waals surface area contributed by atoms with E-state index in [-0.39, 0.29) is 12.5 Å². The predicted octanol–water partition coefficient (Wildman–Crippen LogP) is 0.807. The Morgan fingerprint density at radius 2 is 2.23 bits per heavy atom. The Bertz CT molecular complexity index is 626. The fourth-order valence-corrected chi connectivity index (χ4v) is 1.76. The van der Waals surface area contributed by atoms with E-state index in [1.807, 2.05) is 18.2 Å². The number of carbonyl (C=O) groups is 2. The smallest absolute Gasteiger partial charge is 0.327 e. The van der Waals surface area contributed by atoms with E-state index in [4.69, 9.17) is 4.74 Å². The fourth-order valence-electron chi connectivity index (χ4n) is 1.76. The Morgan fingerprint density at radius 3 is 2.95 bits per heavy atom. The van der Waals surface area contributed by atoms with Crippen molar-refractivity contribution in [2.45, 2.75) is 26.3 Å². The number of nitrogens with zero attached hydrogens (tertiary/aromatic N) is 4. The highest BCUT2D eigenvalue weighted by Gasteiger charge is 2.09. The number of rotatable bonds is 7. The summed E-state index contributed by atoms with van der Waals surface area (Å²) in [5.74, 6) is -0.287. The molecule has 2 rings (SSSR count). The van der Waals surface area contributed by atoms with E-state index in [1.165, 1.54) is 10.9 Å². The molecule has 0 fully saturated rings. The molecule has 0 unspecified atom stereocenters. The van der Waals surface area contributed by atoms with Gasteiger partial charge >= 0.3 is 5.97 Å². The number of aryl methyl sites for hydroxylation is 1. The highest BCUT2D eigenvalue weighted by molar-refractivity contribution is 5.89. The molecule has 0 atom stereocenters. The zero-order chi connectivity index (χ0) is 15.8. The lowest BCUT2D eigenvalue weighted by molar-refractivity contribution is -0.144. The summed E-state index contributed by atoms with van der Waals surface area (Å²) >= 11 is 0. The van der Waals surface area contributed by atoms with Crippen molar-refractivity contribution in [1.29, 1.82) is 0 Å². The van der Waals surface area contributed by atoms with Crippen molar-refractivity contribution in [2.75, 3.05) is 11.9 Å². The molecule has 2 heterocycles. The summed E-state index contributed by atoms with van der Waals surface area (Å²) in [6.07, 6.45) is 4.01. The Hall–Kier alpha value is -2.77. The van der Waals surface area contributed by atoms with Crippen LogP contribution in [0.4, 0.5) is 5.82 Å². The van der Waals surface area contributed by atoms with Gasteiger partial charge in [-0.1, -0.05) is 11.3 Å². The number of hydrogen-bond acceptors (Lipinski definition) is 6. The first-order chi connectivity index (χ1) is 10.7. The van der Waals surface area contributed by atoms with Crippen molar-refractivity contribution in [3.8, 4) is 0 Å². The molecule has 0 saturated carbocycles. The third-order valence-corrected chi connectivity index (χ3v) is 2.74. The van der Waals surface area contributed by atoms with Gasteiger partial charge in [0.25, 0.3) is 0 Å². The molecule has 8 heteroatoms. The summed E-state index contributed by atoms with van der Waals surface area (Å²) in [6, 6.07) is 5.57. The molecule has 0 aliphatic heterocycles. The lowest BCUT2D eigenvalue weighted by Gasteiger charge is -2.01. The Balaban J connectivity index is 1.79. The van der Waals surface area contributed by atoms with Crippen molar-refractivity contribution in [3.63, 3.8) is 0 Å². The van der Waals surface area contributed by atoms with Gasteiger partial charge in [0, 0.05) is 18.3 Å². The molecular formula is C14H17N5O3. The number of ether oxygens (including phenoxy) is 1. The van der Waals surface area contributed by atoms with Gasteiger partial charge < -0.3 is 10.1 Å². The quantitative estimate of drug-likeness (QED) is 0.760. The fraction of sp³-hybridized carbons (Fsp3) is 0.357. The summed E-state index contributed by atoms with van der Waals surface area (Å²) in [5.41, 5.74) is 0.851. The van der Waals surface area contributed by atoms with Gasteiger partial charge in [0.2, 0.25) is 5.91 Å². The molecule has 2 aromatic rings. The Labute approximate surface area is 127 Å². The number of aromatic nitrogens is 4. The van der Waals surface area contributed by atoms with Crippen molar-refractivity contribution >= 4 is 17.7 Å². The van der Waals surface area contributed by atoms with E-state index in [9.17, 15) is 9.59 Å². The van der Waals surface area contributed by atoms with Crippen molar-refractivity contribution < 1.29 is 14.3 Å².